The van der Waals surface area contributed by atoms with Crippen LogP contribution in [0.25, 0.3) is 6.08 Å². The number of rotatable bonds is 6. The lowest BCUT2D eigenvalue weighted by molar-refractivity contribution is -0.111. The van der Waals surface area contributed by atoms with Crippen LogP contribution in [0, 0.1) is 6.92 Å². The number of anilines is 1. The van der Waals surface area contributed by atoms with Crippen LogP contribution < -0.4 is 19.5 Å². The highest BCUT2D eigenvalue weighted by Crippen LogP contribution is 2.35. The third kappa shape index (κ3) is 4.23. The number of hydrogen-bond acceptors (Lipinski definition) is 6. The topological polar surface area (TPSA) is 69.7 Å². The minimum atomic E-state index is -0.267. The minimum Gasteiger partial charge on any atom is -0.496 e. The van der Waals surface area contributed by atoms with Crippen molar-refractivity contribution in [3.05, 3.63) is 34.8 Å². The lowest BCUT2D eigenvalue weighted by atomic mass is 10.1. The van der Waals surface area contributed by atoms with Crippen molar-refractivity contribution in [3.8, 4) is 17.2 Å². The van der Waals surface area contributed by atoms with Crippen LogP contribution in [0.1, 0.15) is 10.4 Å². The van der Waals surface area contributed by atoms with Crippen molar-refractivity contribution in [2.45, 2.75) is 6.92 Å². The molecule has 23 heavy (non-hydrogen) atoms. The van der Waals surface area contributed by atoms with Crippen LogP contribution in [0.3, 0.4) is 0 Å². The number of nitrogens with zero attached hydrogens (tertiary/aromatic N) is 1. The Bertz CT molecular complexity index is 725. The highest BCUT2D eigenvalue weighted by Gasteiger charge is 2.10. The Morgan fingerprint density at radius 1 is 1.13 bits per heavy atom. The monoisotopic (exact) mass is 334 g/mol. The molecule has 0 unspecified atom stereocenters. The summed E-state index contributed by atoms with van der Waals surface area (Å²) in [5.74, 6) is 1.43. The van der Waals surface area contributed by atoms with E-state index in [0.717, 1.165) is 4.88 Å². The summed E-state index contributed by atoms with van der Waals surface area (Å²) in [6, 6.07) is 3.45. The molecule has 0 aliphatic rings. The first-order chi connectivity index (χ1) is 11.1. The quantitative estimate of drug-likeness (QED) is 0.822. The average molecular weight is 334 g/mol. The fraction of sp³-hybridized carbons (Fsp3) is 0.250. The number of hydrogen-bond donors (Lipinski definition) is 1. The molecule has 0 bridgehead atoms. The van der Waals surface area contributed by atoms with Gasteiger partial charge in [0.05, 0.1) is 21.3 Å². The number of carbonyl (C=O) groups is 1. The lowest BCUT2D eigenvalue weighted by Gasteiger charge is -2.12. The normalized spacial score (nSPS) is 10.6. The van der Waals surface area contributed by atoms with Crippen LogP contribution in [0.4, 0.5) is 5.13 Å². The van der Waals surface area contributed by atoms with Gasteiger partial charge >= 0.3 is 0 Å². The Hall–Kier alpha value is -2.54. The molecule has 0 aliphatic heterocycles. The molecule has 0 fully saturated rings. The molecule has 0 spiro atoms. The second-order valence-electron chi connectivity index (χ2n) is 4.55. The molecule has 1 N–H and O–H groups in total. The number of ether oxygens (including phenoxy) is 3. The van der Waals surface area contributed by atoms with E-state index in [2.05, 4.69) is 10.3 Å². The first-order valence-electron chi connectivity index (χ1n) is 6.79. The van der Waals surface area contributed by atoms with E-state index < -0.39 is 0 Å². The Labute approximate surface area is 138 Å². The lowest BCUT2D eigenvalue weighted by Crippen LogP contribution is -2.07. The molecule has 0 aliphatic carbocycles. The number of carbonyl (C=O) groups excluding carboxylic acids is 1. The molecule has 0 radical (unpaired) electrons. The number of nitrogens with one attached hydrogen (secondary N) is 1. The molecule has 1 heterocycles. The van der Waals surface area contributed by atoms with Crippen molar-refractivity contribution in [2.24, 2.45) is 0 Å². The maximum atomic E-state index is 11.9. The SMILES string of the molecule is COc1cc(OC)c(OC)cc1C=CC(=O)Nc1ncc(C)s1. The van der Waals surface area contributed by atoms with Crippen molar-refractivity contribution in [2.75, 3.05) is 26.6 Å². The standard InChI is InChI=1S/C16H18N2O4S/c1-10-9-17-16(23-10)18-15(19)6-5-11-7-13(21-3)14(22-4)8-12(11)20-2/h5-9H,1-4H3,(H,17,18,19). The highest BCUT2D eigenvalue weighted by atomic mass is 32.1. The van der Waals surface area contributed by atoms with Crippen LogP contribution in [-0.4, -0.2) is 32.2 Å². The molecule has 1 aromatic carbocycles. The Balaban J connectivity index is 2.18. The molecule has 0 atom stereocenters. The van der Waals surface area contributed by atoms with Crippen molar-refractivity contribution >= 4 is 28.5 Å². The van der Waals surface area contributed by atoms with E-state index in [0.29, 0.717) is 27.9 Å². The summed E-state index contributed by atoms with van der Waals surface area (Å²) in [5, 5.41) is 3.27. The number of aromatic nitrogens is 1. The van der Waals surface area contributed by atoms with Gasteiger partial charge in [0.25, 0.3) is 0 Å². The number of methoxy groups -OCH3 is 3. The first kappa shape index (κ1) is 16.8. The molecule has 7 heteroatoms. The molecule has 6 nitrogen and oxygen atoms in total. The van der Waals surface area contributed by atoms with E-state index in [1.807, 2.05) is 6.92 Å². The van der Waals surface area contributed by atoms with Gasteiger partial charge in [-0.2, -0.15) is 0 Å². The predicted octanol–water partition coefficient (Wildman–Crippen LogP) is 3.13. The van der Waals surface area contributed by atoms with Gasteiger partial charge in [0.2, 0.25) is 5.91 Å². The molecule has 2 aromatic rings. The van der Waals surface area contributed by atoms with Gasteiger partial charge in [-0.05, 0) is 19.1 Å². The van der Waals surface area contributed by atoms with E-state index in [1.54, 1.807) is 45.7 Å². The van der Waals surface area contributed by atoms with Crippen LogP contribution >= 0.6 is 11.3 Å². The summed E-state index contributed by atoms with van der Waals surface area (Å²) in [4.78, 5) is 17.1. The van der Waals surface area contributed by atoms with Gasteiger partial charge < -0.3 is 14.2 Å². The smallest absolute Gasteiger partial charge is 0.250 e. The third-order valence-electron chi connectivity index (χ3n) is 3.00. The fourth-order valence-electron chi connectivity index (χ4n) is 1.91. The summed E-state index contributed by atoms with van der Waals surface area (Å²) < 4.78 is 15.8. The average Bonchev–Trinajstić information content (AvgIpc) is 2.96. The number of benzene rings is 1. The van der Waals surface area contributed by atoms with Gasteiger partial charge in [0.1, 0.15) is 5.75 Å². The minimum absolute atomic E-state index is 0.267. The Morgan fingerprint density at radius 2 is 1.78 bits per heavy atom. The van der Waals surface area contributed by atoms with E-state index in [1.165, 1.54) is 17.4 Å². The summed E-state index contributed by atoms with van der Waals surface area (Å²) in [6.45, 7) is 1.93. The number of amides is 1. The second kappa shape index (κ2) is 7.64. The number of thiazole rings is 1. The third-order valence-corrected chi connectivity index (χ3v) is 3.83. The molecule has 1 aromatic heterocycles. The fourth-order valence-corrected chi connectivity index (χ4v) is 2.58. The predicted molar refractivity (Wildman–Crippen MR) is 90.6 cm³/mol. The summed E-state index contributed by atoms with van der Waals surface area (Å²) >= 11 is 1.42. The van der Waals surface area contributed by atoms with Crippen LogP contribution in [0.15, 0.2) is 24.4 Å². The zero-order valence-corrected chi connectivity index (χ0v) is 14.2. The van der Waals surface area contributed by atoms with Crippen LogP contribution in [-0.2, 0) is 4.79 Å². The van der Waals surface area contributed by atoms with Crippen molar-refractivity contribution in [1.82, 2.24) is 4.98 Å². The zero-order valence-electron chi connectivity index (χ0n) is 13.4. The molecule has 2 rings (SSSR count). The van der Waals surface area contributed by atoms with E-state index >= 15 is 0 Å². The molecule has 0 saturated heterocycles. The summed E-state index contributed by atoms with van der Waals surface area (Å²) in [5.41, 5.74) is 0.704. The Kier molecular flexibility index (Phi) is 5.59. The summed E-state index contributed by atoms with van der Waals surface area (Å²) in [7, 11) is 4.66. The highest BCUT2D eigenvalue weighted by molar-refractivity contribution is 7.15. The number of aryl methyl sites for hydroxylation is 1. The van der Waals surface area contributed by atoms with Crippen molar-refractivity contribution in [3.63, 3.8) is 0 Å². The van der Waals surface area contributed by atoms with Gasteiger partial charge in [-0.1, -0.05) is 0 Å². The first-order valence-corrected chi connectivity index (χ1v) is 7.60. The second-order valence-corrected chi connectivity index (χ2v) is 5.78. The van der Waals surface area contributed by atoms with Crippen LogP contribution in [0.5, 0.6) is 17.2 Å². The molecular weight excluding hydrogens is 316 g/mol. The van der Waals surface area contributed by atoms with E-state index in [9.17, 15) is 4.79 Å². The maximum absolute atomic E-state index is 11.9. The van der Waals surface area contributed by atoms with E-state index in [-0.39, 0.29) is 5.91 Å². The van der Waals surface area contributed by atoms with Gasteiger partial charge in [0.15, 0.2) is 16.6 Å². The van der Waals surface area contributed by atoms with Gasteiger partial charge in [-0.3, -0.25) is 10.1 Å². The molecular formula is C16H18N2O4S. The molecule has 0 saturated carbocycles. The Morgan fingerprint density at radius 3 is 2.35 bits per heavy atom. The summed E-state index contributed by atoms with van der Waals surface area (Å²) in [6.07, 6.45) is 4.78. The maximum Gasteiger partial charge on any atom is 0.250 e. The zero-order chi connectivity index (χ0) is 16.8. The van der Waals surface area contributed by atoms with Gasteiger partial charge in [-0.15, -0.1) is 11.3 Å². The van der Waals surface area contributed by atoms with Crippen molar-refractivity contribution < 1.29 is 19.0 Å². The molecule has 1 amide bonds. The van der Waals surface area contributed by atoms with E-state index in [4.69, 9.17) is 14.2 Å². The molecule has 122 valence electrons. The van der Waals surface area contributed by atoms with Crippen LogP contribution in [0.2, 0.25) is 0 Å². The van der Waals surface area contributed by atoms with Gasteiger partial charge in [0, 0.05) is 28.8 Å². The van der Waals surface area contributed by atoms with Gasteiger partial charge in [-0.25, -0.2) is 4.98 Å². The largest absolute Gasteiger partial charge is 0.496 e. The van der Waals surface area contributed by atoms with Crippen molar-refractivity contribution in [1.29, 1.82) is 0 Å².